The first-order chi connectivity index (χ1) is 13.6. The van der Waals surface area contributed by atoms with Gasteiger partial charge in [0.25, 0.3) is 0 Å². The Balaban J connectivity index is 0.000000291. The van der Waals surface area contributed by atoms with Crippen molar-refractivity contribution in [3.63, 3.8) is 0 Å². The third-order valence-corrected chi connectivity index (χ3v) is 6.76. The molecule has 2 rings (SSSR count). The number of nitrogens with one attached hydrogen (secondary N) is 2. The first-order valence-electron chi connectivity index (χ1n) is 8.84. The summed E-state index contributed by atoms with van der Waals surface area (Å²) in [5.74, 6) is 1.13. The standard InChI is InChI=1S/C10H15NO3S.C9H13NO3S/c1-11-15(12,13)8-7-9-3-5-10(14-2)6-4-9;1-10-14(12,13)7-6-8-2-4-9(11)5-3-8/h3-6,11H,7-8H2,1-2H3;2-5,10-11H,6-7H2,1H3. The highest BCUT2D eigenvalue weighted by Crippen LogP contribution is 2.12. The number of methoxy groups -OCH3 is 1. The van der Waals surface area contributed by atoms with Crippen LogP contribution in [0.5, 0.6) is 11.5 Å². The van der Waals surface area contributed by atoms with Gasteiger partial charge in [0, 0.05) is 0 Å². The van der Waals surface area contributed by atoms with Crippen molar-refractivity contribution < 1.29 is 26.7 Å². The smallest absolute Gasteiger partial charge is 0.211 e. The van der Waals surface area contributed by atoms with Gasteiger partial charge in [0.05, 0.1) is 18.6 Å². The number of aryl methyl sites for hydroxylation is 2. The van der Waals surface area contributed by atoms with Crippen LogP contribution in [0.15, 0.2) is 48.5 Å². The number of sulfonamides is 2. The Morgan fingerprint density at radius 3 is 1.48 bits per heavy atom. The number of phenols is 1. The molecular formula is C19H28N2O6S2. The summed E-state index contributed by atoms with van der Waals surface area (Å²) < 4.78 is 54.0. The lowest BCUT2D eigenvalue weighted by atomic mass is 10.2. The molecule has 0 fully saturated rings. The molecule has 2 aromatic rings. The van der Waals surface area contributed by atoms with Gasteiger partial charge >= 0.3 is 0 Å². The number of ether oxygens (including phenoxy) is 1. The average molecular weight is 445 g/mol. The minimum atomic E-state index is -3.14. The van der Waals surface area contributed by atoms with Crippen molar-refractivity contribution in [3.8, 4) is 11.5 Å². The highest BCUT2D eigenvalue weighted by atomic mass is 32.2. The fourth-order valence-electron chi connectivity index (χ4n) is 2.16. The summed E-state index contributed by atoms with van der Waals surface area (Å²) in [4.78, 5) is 0. The maximum atomic E-state index is 11.2. The van der Waals surface area contributed by atoms with E-state index in [0.717, 1.165) is 16.9 Å². The molecule has 0 aliphatic rings. The predicted octanol–water partition coefficient (Wildman–Crippen LogP) is 1.27. The van der Waals surface area contributed by atoms with E-state index in [0.29, 0.717) is 12.8 Å². The van der Waals surface area contributed by atoms with Crippen LogP contribution in [0.25, 0.3) is 0 Å². The minimum Gasteiger partial charge on any atom is -0.508 e. The lowest BCUT2D eigenvalue weighted by Crippen LogP contribution is -2.23. The Morgan fingerprint density at radius 2 is 1.14 bits per heavy atom. The molecule has 0 atom stereocenters. The van der Waals surface area contributed by atoms with Crippen LogP contribution >= 0.6 is 0 Å². The lowest BCUT2D eigenvalue weighted by Gasteiger charge is -2.04. The zero-order valence-corrected chi connectivity index (χ0v) is 18.4. The van der Waals surface area contributed by atoms with Gasteiger partial charge in [-0.1, -0.05) is 24.3 Å². The molecule has 10 heteroatoms. The Kier molecular flexibility index (Phi) is 10.1. The van der Waals surface area contributed by atoms with E-state index in [-0.39, 0.29) is 17.3 Å². The van der Waals surface area contributed by atoms with E-state index in [1.807, 2.05) is 24.3 Å². The molecule has 8 nitrogen and oxygen atoms in total. The topological polar surface area (TPSA) is 122 Å². The molecular weight excluding hydrogens is 416 g/mol. The molecule has 0 aliphatic heterocycles. The van der Waals surface area contributed by atoms with Gasteiger partial charge in [-0.25, -0.2) is 26.3 Å². The van der Waals surface area contributed by atoms with Crippen LogP contribution in [0.4, 0.5) is 0 Å². The summed E-state index contributed by atoms with van der Waals surface area (Å²) in [5.41, 5.74) is 1.87. The van der Waals surface area contributed by atoms with Crippen molar-refractivity contribution in [1.29, 1.82) is 0 Å². The van der Waals surface area contributed by atoms with E-state index in [1.54, 1.807) is 31.4 Å². The number of benzene rings is 2. The molecule has 0 amide bonds. The highest BCUT2D eigenvalue weighted by Gasteiger charge is 2.07. The molecule has 0 aromatic heterocycles. The monoisotopic (exact) mass is 444 g/mol. The fourth-order valence-corrected chi connectivity index (χ4v) is 3.58. The average Bonchev–Trinajstić information content (AvgIpc) is 2.73. The summed E-state index contributed by atoms with van der Waals surface area (Å²) in [5, 5.41) is 9.00. The van der Waals surface area contributed by atoms with Crippen LogP contribution in [-0.4, -0.2) is 54.7 Å². The van der Waals surface area contributed by atoms with Crippen LogP contribution in [0.1, 0.15) is 11.1 Å². The predicted molar refractivity (Wildman–Crippen MR) is 114 cm³/mol. The molecule has 0 spiro atoms. The molecule has 2 aromatic carbocycles. The number of rotatable bonds is 9. The lowest BCUT2D eigenvalue weighted by molar-refractivity contribution is 0.414. The molecule has 0 saturated heterocycles. The van der Waals surface area contributed by atoms with Crippen LogP contribution < -0.4 is 14.2 Å². The normalized spacial score (nSPS) is 11.4. The third-order valence-electron chi connectivity index (χ3n) is 4.04. The van der Waals surface area contributed by atoms with Gasteiger partial charge in [0.15, 0.2) is 0 Å². The van der Waals surface area contributed by atoms with E-state index in [4.69, 9.17) is 9.84 Å². The maximum Gasteiger partial charge on any atom is 0.211 e. The van der Waals surface area contributed by atoms with Crippen molar-refractivity contribution in [3.05, 3.63) is 59.7 Å². The Hall–Kier alpha value is -2.14. The van der Waals surface area contributed by atoms with E-state index >= 15 is 0 Å². The van der Waals surface area contributed by atoms with E-state index in [1.165, 1.54) is 14.1 Å². The zero-order valence-electron chi connectivity index (χ0n) is 16.8. The molecule has 0 saturated carbocycles. The summed E-state index contributed by atoms with van der Waals surface area (Å²) in [6, 6.07) is 13.9. The fraction of sp³-hybridized carbons (Fsp3) is 0.368. The van der Waals surface area contributed by atoms with Gasteiger partial charge in [0.2, 0.25) is 20.0 Å². The molecule has 162 valence electrons. The largest absolute Gasteiger partial charge is 0.508 e. The van der Waals surface area contributed by atoms with Crippen molar-refractivity contribution in [2.24, 2.45) is 0 Å². The summed E-state index contributed by atoms with van der Waals surface area (Å²) in [6.45, 7) is 0. The van der Waals surface area contributed by atoms with E-state index in [2.05, 4.69) is 9.44 Å². The number of hydrogen-bond donors (Lipinski definition) is 3. The van der Waals surface area contributed by atoms with Crippen molar-refractivity contribution in [2.45, 2.75) is 12.8 Å². The van der Waals surface area contributed by atoms with Crippen LogP contribution in [0, 0.1) is 0 Å². The summed E-state index contributed by atoms with van der Waals surface area (Å²) >= 11 is 0. The Labute approximate surface area is 173 Å². The molecule has 0 aliphatic carbocycles. The second kappa shape index (κ2) is 11.8. The van der Waals surface area contributed by atoms with Crippen molar-refractivity contribution in [2.75, 3.05) is 32.7 Å². The number of phenolic OH excluding ortho intramolecular Hbond substituents is 1. The third kappa shape index (κ3) is 10.3. The SMILES string of the molecule is CNS(=O)(=O)CCc1ccc(O)cc1.CNS(=O)(=O)CCc1ccc(OC)cc1. The minimum absolute atomic E-state index is 0.0638. The molecule has 0 unspecified atom stereocenters. The highest BCUT2D eigenvalue weighted by molar-refractivity contribution is 7.89. The van der Waals surface area contributed by atoms with Crippen LogP contribution in [-0.2, 0) is 32.9 Å². The first-order valence-corrected chi connectivity index (χ1v) is 12.1. The molecule has 29 heavy (non-hydrogen) atoms. The second-order valence-electron chi connectivity index (χ2n) is 6.06. The van der Waals surface area contributed by atoms with Crippen LogP contribution in [0.2, 0.25) is 0 Å². The molecule has 0 heterocycles. The number of aromatic hydroxyl groups is 1. The Bertz CT molecular complexity index is 941. The molecule has 0 radical (unpaired) electrons. The quantitative estimate of drug-likeness (QED) is 0.535. The maximum absolute atomic E-state index is 11.2. The Morgan fingerprint density at radius 1 is 0.759 bits per heavy atom. The van der Waals surface area contributed by atoms with Gasteiger partial charge in [-0.3, -0.25) is 0 Å². The number of hydrogen-bond acceptors (Lipinski definition) is 6. The van der Waals surface area contributed by atoms with Gasteiger partial charge < -0.3 is 9.84 Å². The molecule has 3 N–H and O–H groups in total. The molecule has 0 bridgehead atoms. The van der Waals surface area contributed by atoms with E-state index < -0.39 is 20.0 Å². The zero-order chi connectivity index (χ0) is 21.9. The van der Waals surface area contributed by atoms with Crippen LogP contribution in [0.3, 0.4) is 0 Å². The van der Waals surface area contributed by atoms with Gasteiger partial charge in [-0.15, -0.1) is 0 Å². The summed E-state index contributed by atoms with van der Waals surface area (Å²) in [7, 11) is -1.84. The first kappa shape index (κ1) is 24.9. The summed E-state index contributed by atoms with van der Waals surface area (Å²) in [6.07, 6.45) is 0.955. The second-order valence-corrected chi connectivity index (χ2v) is 10.2. The van der Waals surface area contributed by atoms with Crippen molar-refractivity contribution in [1.82, 2.24) is 9.44 Å². The van der Waals surface area contributed by atoms with Gasteiger partial charge in [-0.2, -0.15) is 0 Å². The van der Waals surface area contributed by atoms with Gasteiger partial charge in [-0.05, 0) is 62.3 Å². The van der Waals surface area contributed by atoms with E-state index in [9.17, 15) is 16.8 Å². The van der Waals surface area contributed by atoms with Crippen molar-refractivity contribution >= 4 is 20.0 Å². The van der Waals surface area contributed by atoms with Gasteiger partial charge in [0.1, 0.15) is 11.5 Å².